The van der Waals surface area contributed by atoms with E-state index < -0.39 is 5.60 Å². The largest absolute Gasteiger partial charge is 0.389 e. The number of rotatable bonds is 5. The van der Waals surface area contributed by atoms with Crippen LogP contribution in [-0.4, -0.2) is 41.0 Å². The molecule has 0 aromatic heterocycles. The number of ketones is 1. The van der Waals surface area contributed by atoms with Gasteiger partial charge in [0.2, 0.25) is 0 Å². The normalized spacial score (nSPS) is 24.3. The summed E-state index contributed by atoms with van der Waals surface area (Å²) in [6, 6.07) is 9.44. The zero-order valence-corrected chi connectivity index (χ0v) is 10.9. The molecule has 1 heterocycles. The molecule has 1 N–H and O–H groups in total. The van der Waals surface area contributed by atoms with E-state index in [0.717, 1.165) is 38.0 Å². The zero-order chi connectivity index (χ0) is 13.0. The Balaban J connectivity index is 1.72. The maximum Gasteiger partial charge on any atom is 0.162 e. The first kappa shape index (κ1) is 13.2. The van der Waals surface area contributed by atoms with Crippen molar-refractivity contribution in [2.75, 3.05) is 19.6 Å². The van der Waals surface area contributed by atoms with Crippen LogP contribution in [0.1, 0.15) is 36.5 Å². The fraction of sp³-hybridized carbons (Fsp3) is 0.533. The Morgan fingerprint density at radius 1 is 1.39 bits per heavy atom. The van der Waals surface area contributed by atoms with Crippen molar-refractivity contribution in [2.45, 2.75) is 31.8 Å². The SMILES string of the molecule is CC1(O)CCN(CCCC(=O)c2ccccc2)C1. The Bertz CT molecular complexity index is 400. The minimum Gasteiger partial charge on any atom is -0.389 e. The number of aliphatic hydroxyl groups is 1. The van der Waals surface area contributed by atoms with Gasteiger partial charge in [-0.2, -0.15) is 0 Å². The Morgan fingerprint density at radius 3 is 2.72 bits per heavy atom. The molecule has 0 saturated carbocycles. The molecule has 3 heteroatoms. The maximum atomic E-state index is 11.9. The van der Waals surface area contributed by atoms with Gasteiger partial charge in [-0.05, 0) is 26.3 Å². The molecule has 0 spiro atoms. The molecule has 2 rings (SSSR count). The fourth-order valence-electron chi connectivity index (χ4n) is 2.46. The second kappa shape index (κ2) is 5.63. The van der Waals surface area contributed by atoms with Gasteiger partial charge in [-0.15, -0.1) is 0 Å². The number of hydrogen-bond donors (Lipinski definition) is 1. The second-order valence-electron chi connectivity index (χ2n) is 5.42. The molecule has 0 aliphatic carbocycles. The van der Waals surface area contributed by atoms with Gasteiger partial charge in [0.25, 0.3) is 0 Å². The zero-order valence-electron chi connectivity index (χ0n) is 10.9. The highest BCUT2D eigenvalue weighted by molar-refractivity contribution is 5.95. The monoisotopic (exact) mass is 247 g/mol. The van der Waals surface area contributed by atoms with Gasteiger partial charge in [-0.3, -0.25) is 4.79 Å². The first-order valence-electron chi connectivity index (χ1n) is 6.60. The summed E-state index contributed by atoms with van der Waals surface area (Å²) >= 11 is 0. The third kappa shape index (κ3) is 3.65. The summed E-state index contributed by atoms with van der Waals surface area (Å²) in [6.07, 6.45) is 2.28. The van der Waals surface area contributed by atoms with Crippen molar-refractivity contribution in [3.05, 3.63) is 35.9 Å². The highest BCUT2D eigenvalue weighted by Crippen LogP contribution is 2.20. The van der Waals surface area contributed by atoms with Crippen molar-refractivity contribution in [1.29, 1.82) is 0 Å². The molecule has 0 radical (unpaired) electrons. The number of Topliss-reactive ketones (excluding diaryl/α,β-unsaturated/α-hetero) is 1. The average Bonchev–Trinajstić information content (AvgIpc) is 2.70. The molecule has 0 bridgehead atoms. The Morgan fingerprint density at radius 2 is 2.11 bits per heavy atom. The van der Waals surface area contributed by atoms with Gasteiger partial charge in [0.15, 0.2) is 5.78 Å². The molecular formula is C15H21NO2. The highest BCUT2D eigenvalue weighted by Gasteiger charge is 2.30. The van der Waals surface area contributed by atoms with Crippen LogP contribution in [0.3, 0.4) is 0 Å². The van der Waals surface area contributed by atoms with Gasteiger partial charge < -0.3 is 10.0 Å². The molecule has 3 nitrogen and oxygen atoms in total. The van der Waals surface area contributed by atoms with Crippen molar-refractivity contribution in [2.24, 2.45) is 0 Å². The Kier molecular flexibility index (Phi) is 4.15. The third-order valence-electron chi connectivity index (χ3n) is 3.50. The lowest BCUT2D eigenvalue weighted by Gasteiger charge is -2.18. The minimum absolute atomic E-state index is 0.210. The van der Waals surface area contributed by atoms with Crippen LogP contribution in [0.2, 0.25) is 0 Å². The van der Waals surface area contributed by atoms with E-state index in [1.54, 1.807) is 0 Å². The van der Waals surface area contributed by atoms with Crippen LogP contribution in [0.25, 0.3) is 0 Å². The summed E-state index contributed by atoms with van der Waals surface area (Å²) in [6.45, 7) is 4.44. The smallest absolute Gasteiger partial charge is 0.162 e. The Hall–Kier alpha value is -1.19. The molecule has 1 aliphatic rings. The topological polar surface area (TPSA) is 40.5 Å². The predicted molar refractivity (Wildman–Crippen MR) is 71.7 cm³/mol. The summed E-state index contributed by atoms with van der Waals surface area (Å²) in [7, 11) is 0. The minimum atomic E-state index is -0.538. The van der Waals surface area contributed by atoms with Crippen LogP contribution >= 0.6 is 0 Å². The van der Waals surface area contributed by atoms with Gasteiger partial charge >= 0.3 is 0 Å². The van der Waals surface area contributed by atoms with Crippen LogP contribution in [0.4, 0.5) is 0 Å². The number of hydrogen-bond acceptors (Lipinski definition) is 3. The van der Waals surface area contributed by atoms with Gasteiger partial charge in [-0.1, -0.05) is 30.3 Å². The molecular weight excluding hydrogens is 226 g/mol. The highest BCUT2D eigenvalue weighted by atomic mass is 16.3. The first-order valence-corrected chi connectivity index (χ1v) is 6.60. The summed E-state index contributed by atoms with van der Waals surface area (Å²) < 4.78 is 0. The summed E-state index contributed by atoms with van der Waals surface area (Å²) in [5.74, 6) is 0.210. The van der Waals surface area contributed by atoms with Crippen molar-refractivity contribution in [3.8, 4) is 0 Å². The molecule has 1 aromatic carbocycles. The van der Waals surface area contributed by atoms with E-state index in [1.165, 1.54) is 0 Å². The number of benzene rings is 1. The molecule has 0 amide bonds. The molecule has 1 saturated heterocycles. The summed E-state index contributed by atoms with van der Waals surface area (Å²) in [4.78, 5) is 14.1. The van der Waals surface area contributed by atoms with E-state index in [4.69, 9.17) is 0 Å². The lowest BCUT2D eigenvalue weighted by molar-refractivity contribution is 0.0685. The van der Waals surface area contributed by atoms with E-state index in [9.17, 15) is 9.90 Å². The van der Waals surface area contributed by atoms with Crippen LogP contribution in [0, 0.1) is 0 Å². The van der Waals surface area contributed by atoms with E-state index >= 15 is 0 Å². The van der Waals surface area contributed by atoms with Crippen LogP contribution in [0.5, 0.6) is 0 Å². The number of nitrogens with zero attached hydrogens (tertiary/aromatic N) is 1. The van der Waals surface area contributed by atoms with Gasteiger partial charge in [0.1, 0.15) is 0 Å². The van der Waals surface area contributed by atoms with Crippen LogP contribution < -0.4 is 0 Å². The molecule has 1 aliphatic heterocycles. The third-order valence-corrected chi connectivity index (χ3v) is 3.50. The van der Waals surface area contributed by atoms with E-state index in [2.05, 4.69) is 4.90 Å². The standard InChI is InChI=1S/C15H21NO2/c1-15(18)9-11-16(12-15)10-5-8-14(17)13-6-3-2-4-7-13/h2-4,6-7,18H,5,8-12H2,1H3. The van der Waals surface area contributed by atoms with E-state index in [1.807, 2.05) is 37.3 Å². The number of carbonyl (C=O) groups is 1. The van der Waals surface area contributed by atoms with Crippen LogP contribution in [-0.2, 0) is 0 Å². The quantitative estimate of drug-likeness (QED) is 0.810. The van der Waals surface area contributed by atoms with Crippen molar-refractivity contribution in [1.82, 2.24) is 4.90 Å². The maximum absolute atomic E-state index is 11.9. The fourth-order valence-corrected chi connectivity index (χ4v) is 2.46. The van der Waals surface area contributed by atoms with Crippen LogP contribution in [0.15, 0.2) is 30.3 Å². The summed E-state index contributed by atoms with van der Waals surface area (Å²) in [5.41, 5.74) is 0.259. The average molecular weight is 247 g/mol. The molecule has 1 aromatic rings. The first-order chi connectivity index (χ1) is 8.57. The van der Waals surface area contributed by atoms with Gasteiger partial charge in [-0.25, -0.2) is 0 Å². The molecule has 98 valence electrons. The van der Waals surface area contributed by atoms with Gasteiger partial charge in [0.05, 0.1) is 5.60 Å². The van der Waals surface area contributed by atoms with Crippen molar-refractivity contribution < 1.29 is 9.90 Å². The van der Waals surface area contributed by atoms with Crippen molar-refractivity contribution in [3.63, 3.8) is 0 Å². The molecule has 1 atom stereocenters. The van der Waals surface area contributed by atoms with Gasteiger partial charge in [0, 0.05) is 25.1 Å². The number of likely N-dealkylation sites (tertiary alicyclic amines) is 1. The lowest BCUT2D eigenvalue weighted by Crippen LogP contribution is -2.30. The summed E-state index contributed by atoms with van der Waals surface area (Å²) in [5, 5.41) is 9.84. The lowest BCUT2D eigenvalue weighted by atomic mass is 10.1. The Labute approximate surface area is 108 Å². The van der Waals surface area contributed by atoms with E-state index in [-0.39, 0.29) is 5.78 Å². The molecule has 18 heavy (non-hydrogen) atoms. The molecule has 1 fully saturated rings. The number of β-amino-alcohol motifs (C(OH)–C–C–N with tert-alkyl or cyclic N) is 1. The second-order valence-corrected chi connectivity index (χ2v) is 5.42. The predicted octanol–water partition coefficient (Wildman–Crippen LogP) is 2.11. The molecule has 1 unspecified atom stereocenters. The number of carbonyl (C=O) groups excluding carboxylic acids is 1. The van der Waals surface area contributed by atoms with Crippen molar-refractivity contribution >= 4 is 5.78 Å². The van der Waals surface area contributed by atoms with E-state index in [0.29, 0.717) is 6.42 Å².